The van der Waals surface area contributed by atoms with Crippen LogP contribution in [0.5, 0.6) is 5.06 Å². The van der Waals surface area contributed by atoms with E-state index in [4.69, 9.17) is 4.74 Å². The molecule has 24 heavy (non-hydrogen) atoms. The number of carboxylic acids is 1. The zero-order chi connectivity index (χ0) is 17.5. The summed E-state index contributed by atoms with van der Waals surface area (Å²) in [6.07, 6.45) is 3.38. The molecule has 0 aliphatic heterocycles. The Morgan fingerprint density at radius 3 is 2.79 bits per heavy atom. The number of benzene rings is 1. The first kappa shape index (κ1) is 18.5. The number of carbonyl (C=O) groups is 1. The van der Waals surface area contributed by atoms with Gasteiger partial charge >= 0.3 is 5.97 Å². The molecule has 0 saturated carbocycles. The Morgan fingerprint density at radius 1 is 1.29 bits per heavy atom. The first-order valence-corrected chi connectivity index (χ1v) is 9.12. The molecule has 0 spiro atoms. The third kappa shape index (κ3) is 4.58. The van der Waals surface area contributed by atoms with Crippen molar-refractivity contribution in [2.45, 2.75) is 52.2 Å². The van der Waals surface area contributed by atoms with E-state index < -0.39 is 12.1 Å². The Morgan fingerprint density at radius 2 is 2.08 bits per heavy atom. The van der Waals surface area contributed by atoms with Crippen molar-refractivity contribution < 1.29 is 19.7 Å². The van der Waals surface area contributed by atoms with Gasteiger partial charge < -0.3 is 14.9 Å². The molecule has 0 aliphatic rings. The fourth-order valence-electron chi connectivity index (χ4n) is 2.64. The lowest BCUT2D eigenvalue weighted by molar-refractivity contribution is 0.0693. The van der Waals surface area contributed by atoms with Crippen LogP contribution < -0.4 is 4.74 Å². The minimum absolute atomic E-state index is 0.184. The van der Waals surface area contributed by atoms with Crippen molar-refractivity contribution >= 4 is 17.3 Å². The van der Waals surface area contributed by atoms with Crippen LogP contribution in [-0.4, -0.2) is 16.2 Å². The summed E-state index contributed by atoms with van der Waals surface area (Å²) < 4.78 is 5.86. The quantitative estimate of drug-likeness (QED) is 0.629. The van der Waals surface area contributed by atoms with Gasteiger partial charge in [0, 0.05) is 11.1 Å². The molecule has 0 bridgehead atoms. The summed E-state index contributed by atoms with van der Waals surface area (Å²) in [5.41, 5.74) is 2.61. The first-order valence-electron chi connectivity index (χ1n) is 8.24. The third-order valence-electron chi connectivity index (χ3n) is 4.09. The molecule has 0 radical (unpaired) electrons. The second-order valence-corrected chi connectivity index (χ2v) is 6.75. The number of aromatic carboxylic acids is 1. The van der Waals surface area contributed by atoms with Gasteiger partial charge in [0.2, 0.25) is 0 Å². The minimum Gasteiger partial charge on any atom is -0.479 e. The zero-order valence-electron chi connectivity index (χ0n) is 14.1. The van der Waals surface area contributed by atoms with E-state index in [-0.39, 0.29) is 12.2 Å². The van der Waals surface area contributed by atoms with E-state index in [2.05, 4.69) is 6.92 Å². The fraction of sp³-hybridized carbons (Fsp3) is 0.421. The van der Waals surface area contributed by atoms with Crippen LogP contribution >= 0.6 is 11.3 Å². The molecule has 1 heterocycles. The Hall–Kier alpha value is -1.85. The average molecular weight is 348 g/mol. The van der Waals surface area contributed by atoms with Crippen molar-refractivity contribution in [1.29, 1.82) is 0 Å². The number of aliphatic hydroxyl groups is 1. The highest BCUT2D eigenvalue weighted by atomic mass is 32.1. The van der Waals surface area contributed by atoms with Crippen LogP contribution in [0.1, 0.15) is 65.8 Å². The van der Waals surface area contributed by atoms with Gasteiger partial charge in [0.25, 0.3) is 0 Å². The lowest BCUT2D eigenvalue weighted by Gasteiger charge is -2.14. The summed E-state index contributed by atoms with van der Waals surface area (Å²) in [6, 6.07) is 7.08. The van der Waals surface area contributed by atoms with Crippen LogP contribution in [0.3, 0.4) is 0 Å². The Balaban J connectivity index is 2.09. The van der Waals surface area contributed by atoms with Crippen molar-refractivity contribution in [1.82, 2.24) is 0 Å². The number of carboxylic acid groups (broad SMARTS) is 1. The van der Waals surface area contributed by atoms with Crippen molar-refractivity contribution in [2.24, 2.45) is 0 Å². The Kier molecular flexibility index (Phi) is 6.82. The van der Waals surface area contributed by atoms with Gasteiger partial charge in [-0.05, 0) is 36.4 Å². The predicted octanol–water partition coefficient (Wildman–Crippen LogP) is 4.95. The Bertz CT molecular complexity index is 678. The van der Waals surface area contributed by atoms with E-state index >= 15 is 0 Å². The molecule has 130 valence electrons. The minimum atomic E-state index is -0.955. The topological polar surface area (TPSA) is 66.8 Å². The number of hydrogen-bond donors (Lipinski definition) is 2. The number of ether oxygens (including phenoxy) is 1. The fourth-order valence-corrected chi connectivity index (χ4v) is 3.45. The molecular formula is C19H24O4S. The summed E-state index contributed by atoms with van der Waals surface area (Å²) in [5.74, 6) is -0.955. The number of unbranched alkanes of at least 4 members (excludes halogenated alkanes) is 2. The number of rotatable bonds is 9. The van der Waals surface area contributed by atoms with Gasteiger partial charge in [-0.15, -0.1) is 11.3 Å². The summed E-state index contributed by atoms with van der Waals surface area (Å²) in [6.45, 7) is 4.19. The van der Waals surface area contributed by atoms with E-state index in [9.17, 15) is 15.0 Å². The molecule has 2 N–H and O–H groups in total. The number of aryl methyl sites for hydroxylation is 1. The highest BCUT2D eigenvalue weighted by Gasteiger charge is 2.17. The molecule has 1 unspecified atom stereocenters. The molecule has 2 rings (SSSR count). The van der Waals surface area contributed by atoms with Crippen LogP contribution in [-0.2, 0) is 6.61 Å². The molecule has 0 saturated heterocycles. The lowest BCUT2D eigenvalue weighted by atomic mass is 10.0. The van der Waals surface area contributed by atoms with Crippen molar-refractivity contribution in [3.05, 3.63) is 51.9 Å². The predicted molar refractivity (Wildman–Crippen MR) is 95.9 cm³/mol. The van der Waals surface area contributed by atoms with Gasteiger partial charge in [0.1, 0.15) is 6.61 Å². The molecule has 1 atom stereocenters. The molecule has 0 amide bonds. The number of hydrogen-bond acceptors (Lipinski definition) is 4. The van der Waals surface area contributed by atoms with Gasteiger partial charge in [-0.3, -0.25) is 0 Å². The van der Waals surface area contributed by atoms with Gasteiger partial charge in [-0.25, -0.2) is 4.79 Å². The smallest absolute Gasteiger partial charge is 0.336 e. The number of aliphatic hydroxyl groups excluding tert-OH is 1. The second kappa shape index (κ2) is 8.85. The van der Waals surface area contributed by atoms with Gasteiger partial charge in [-0.2, -0.15) is 0 Å². The summed E-state index contributed by atoms with van der Waals surface area (Å²) in [4.78, 5) is 11.4. The van der Waals surface area contributed by atoms with E-state index in [0.29, 0.717) is 17.0 Å². The van der Waals surface area contributed by atoms with Gasteiger partial charge in [0.15, 0.2) is 5.06 Å². The molecule has 1 aromatic carbocycles. The summed E-state index contributed by atoms with van der Waals surface area (Å²) in [5, 5.41) is 22.2. The molecule has 4 nitrogen and oxygen atoms in total. The molecular weight excluding hydrogens is 324 g/mol. The van der Waals surface area contributed by atoms with Crippen molar-refractivity contribution in [2.75, 3.05) is 0 Å². The maximum Gasteiger partial charge on any atom is 0.336 e. The third-order valence-corrected chi connectivity index (χ3v) is 4.93. The van der Waals surface area contributed by atoms with Crippen molar-refractivity contribution in [3.63, 3.8) is 0 Å². The highest BCUT2D eigenvalue weighted by molar-refractivity contribution is 7.12. The maximum absolute atomic E-state index is 11.4. The first-order chi connectivity index (χ1) is 11.5. The van der Waals surface area contributed by atoms with Crippen LogP contribution in [0, 0.1) is 6.92 Å². The highest BCUT2D eigenvalue weighted by Crippen LogP contribution is 2.34. The molecule has 1 aromatic heterocycles. The molecule has 5 heteroatoms. The summed E-state index contributed by atoms with van der Waals surface area (Å²) >= 11 is 1.43. The van der Waals surface area contributed by atoms with Gasteiger partial charge in [-0.1, -0.05) is 38.3 Å². The average Bonchev–Trinajstić information content (AvgIpc) is 3.02. The molecule has 2 aromatic rings. The van der Waals surface area contributed by atoms with Crippen LogP contribution in [0.4, 0.5) is 0 Å². The number of thiophene rings is 1. The van der Waals surface area contributed by atoms with E-state index in [1.54, 1.807) is 12.1 Å². The zero-order valence-corrected chi connectivity index (χ0v) is 14.9. The van der Waals surface area contributed by atoms with Crippen LogP contribution in [0.15, 0.2) is 29.6 Å². The Labute approximate surface area is 146 Å². The van der Waals surface area contributed by atoms with Crippen molar-refractivity contribution in [3.8, 4) is 5.06 Å². The second-order valence-electron chi connectivity index (χ2n) is 5.87. The van der Waals surface area contributed by atoms with E-state index in [1.807, 2.05) is 24.4 Å². The van der Waals surface area contributed by atoms with Crippen LogP contribution in [0.25, 0.3) is 0 Å². The summed E-state index contributed by atoms with van der Waals surface area (Å²) in [7, 11) is 0. The van der Waals surface area contributed by atoms with E-state index in [1.165, 1.54) is 11.3 Å². The SMILES string of the molecule is CCCCCC(O)c1ccsc1OCc1c(C)cccc1C(=O)O. The van der Waals surface area contributed by atoms with Crippen LogP contribution in [0.2, 0.25) is 0 Å². The largest absolute Gasteiger partial charge is 0.479 e. The molecule has 0 aliphatic carbocycles. The maximum atomic E-state index is 11.4. The standard InChI is InChI=1S/C19H24O4S/c1-3-4-5-9-17(20)15-10-11-24-19(15)23-12-16-13(2)7-6-8-14(16)18(21)22/h6-8,10-11,17,20H,3-5,9,12H2,1-2H3,(H,21,22). The lowest BCUT2D eigenvalue weighted by Crippen LogP contribution is -2.08. The monoisotopic (exact) mass is 348 g/mol. The normalized spacial score (nSPS) is 12.1. The van der Waals surface area contributed by atoms with Gasteiger partial charge in [0.05, 0.1) is 11.7 Å². The van der Waals surface area contributed by atoms with E-state index in [0.717, 1.165) is 30.4 Å². The molecule has 0 fully saturated rings.